The molecular formula is C20H19N. The minimum Gasteiger partial charge on any atom is -0.398 e. The van der Waals surface area contributed by atoms with E-state index in [1.807, 2.05) is 0 Å². The van der Waals surface area contributed by atoms with E-state index in [0.717, 1.165) is 5.69 Å². The maximum Gasteiger partial charge on any atom is 0.0432 e. The van der Waals surface area contributed by atoms with Gasteiger partial charge in [0.2, 0.25) is 0 Å². The van der Waals surface area contributed by atoms with Crippen molar-refractivity contribution >= 4 is 16.5 Å². The lowest BCUT2D eigenvalue weighted by Crippen LogP contribution is -2.12. The molecule has 0 bridgehead atoms. The fourth-order valence-electron chi connectivity index (χ4n) is 3.69. The molecule has 4 rings (SSSR count). The highest BCUT2D eigenvalue weighted by atomic mass is 14.6. The van der Waals surface area contributed by atoms with E-state index in [2.05, 4.69) is 60.7 Å². The van der Waals surface area contributed by atoms with Crippen molar-refractivity contribution in [3.05, 3.63) is 77.4 Å². The van der Waals surface area contributed by atoms with E-state index in [0.29, 0.717) is 5.92 Å². The molecule has 0 saturated heterocycles. The van der Waals surface area contributed by atoms with E-state index in [1.165, 1.54) is 46.7 Å². The van der Waals surface area contributed by atoms with E-state index in [-0.39, 0.29) is 0 Å². The SMILES string of the molecule is Nc1c(C2CCCc3ccccc32)ccc2ccccc12. The van der Waals surface area contributed by atoms with Gasteiger partial charge in [0, 0.05) is 17.0 Å². The highest BCUT2D eigenvalue weighted by Gasteiger charge is 2.23. The Morgan fingerprint density at radius 2 is 1.62 bits per heavy atom. The molecule has 0 saturated carbocycles. The number of fused-ring (bicyclic) bond motifs is 2. The van der Waals surface area contributed by atoms with Gasteiger partial charge in [0.25, 0.3) is 0 Å². The van der Waals surface area contributed by atoms with Crippen molar-refractivity contribution in [2.45, 2.75) is 25.2 Å². The number of hydrogen-bond acceptors (Lipinski definition) is 1. The summed E-state index contributed by atoms with van der Waals surface area (Å²) in [6.07, 6.45) is 3.63. The molecule has 1 aliphatic rings. The second-order valence-corrected chi connectivity index (χ2v) is 5.93. The van der Waals surface area contributed by atoms with Gasteiger partial charge in [0.05, 0.1) is 0 Å². The molecule has 1 heteroatoms. The lowest BCUT2D eigenvalue weighted by atomic mass is 9.78. The maximum atomic E-state index is 6.51. The van der Waals surface area contributed by atoms with Crippen LogP contribution in [0.5, 0.6) is 0 Å². The van der Waals surface area contributed by atoms with Crippen molar-refractivity contribution in [3.63, 3.8) is 0 Å². The standard InChI is InChI=1S/C20H19N/c21-20-17-10-4-2-7-15(17)12-13-19(20)18-11-5-8-14-6-1-3-9-16(14)18/h1-4,6-7,9-10,12-13,18H,5,8,11,21H2. The normalized spacial score (nSPS) is 17.6. The lowest BCUT2D eigenvalue weighted by molar-refractivity contribution is 0.617. The highest BCUT2D eigenvalue weighted by Crippen LogP contribution is 2.40. The topological polar surface area (TPSA) is 26.0 Å². The molecular weight excluding hydrogens is 254 g/mol. The fraction of sp³-hybridized carbons (Fsp3) is 0.200. The quantitative estimate of drug-likeness (QED) is 0.628. The van der Waals surface area contributed by atoms with E-state index in [4.69, 9.17) is 5.73 Å². The number of hydrogen-bond donors (Lipinski definition) is 1. The number of nitrogen functional groups attached to an aromatic ring is 1. The Kier molecular flexibility index (Phi) is 2.92. The first-order valence-electron chi connectivity index (χ1n) is 7.69. The number of nitrogens with two attached hydrogens (primary N) is 1. The summed E-state index contributed by atoms with van der Waals surface area (Å²) in [7, 11) is 0. The van der Waals surface area contributed by atoms with Crippen molar-refractivity contribution in [2.24, 2.45) is 0 Å². The van der Waals surface area contributed by atoms with Gasteiger partial charge in [-0.15, -0.1) is 0 Å². The first-order valence-corrected chi connectivity index (χ1v) is 7.69. The molecule has 1 unspecified atom stereocenters. The number of aryl methyl sites for hydroxylation is 1. The van der Waals surface area contributed by atoms with Gasteiger partial charge in [0.15, 0.2) is 0 Å². The van der Waals surface area contributed by atoms with Crippen LogP contribution in [0.3, 0.4) is 0 Å². The predicted molar refractivity (Wildman–Crippen MR) is 89.6 cm³/mol. The van der Waals surface area contributed by atoms with Crippen LogP contribution in [0.1, 0.15) is 35.4 Å². The first-order chi connectivity index (χ1) is 10.3. The molecule has 0 radical (unpaired) electrons. The molecule has 1 aliphatic carbocycles. The molecule has 104 valence electrons. The predicted octanol–water partition coefficient (Wildman–Crippen LogP) is 4.89. The summed E-state index contributed by atoms with van der Waals surface area (Å²) in [5, 5.41) is 2.40. The average molecular weight is 273 g/mol. The Morgan fingerprint density at radius 1 is 0.810 bits per heavy atom. The molecule has 0 aromatic heterocycles. The highest BCUT2D eigenvalue weighted by molar-refractivity contribution is 5.94. The summed E-state index contributed by atoms with van der Waals surface area (Å²) in [4.78, 5) is 0. The van der Waals surface area contributed by atoms with Crippen molar-refractivity contribution in [3.8, 4) is 0 Å². The lowest BCUT2D eigenvalue weighted by Gasteiger charge is -2.27. The van der Waals surface area contributed by atoms with Crippen LogP contribution in [0.4, 0.5) is 5.69 Å². The average Bonchev–Trinajstić information content (AvgIpc) is 2.55. The zero-order valence-electron chi connectivity index (χ0n) is 12.0. The molecule has 0 heterocycles. The molecule has 1 nitrogen and oxygen atoms in total. The Morgan fingerprint density at radius 3 is 2.57 bits per heavy atom. The molecule has 1 atom stereocenters. The summed E-state index contributed by atoms with van der Waals surface area (Å²) in [5.41, 5.74) is 11.7. The minimum absolute atomic E-state index is 0.444. The van der Waals surface area contributed by atoms with Crippen molar-refractivity contribution < 1.29 is 0 Å². The Bertz CT molecular complexity index is 804. The van der Waals surface area contributed by atoms with Crippen molar-refractivity contribution in [1.82, 2.24) is 0 Å². The van der Waals surface area contributed by atoms with Crippen LogP contribution in [0.2, 0.25) is 0 Å². The summed E-state index contributed by atoms with van der Waals surface area (Å²) in [6, 6.07) is 21.6. The monoisotopic (exact) mass is 273 g/mol. The molecule has 3 aromatic carbocycles. The third-order valence-electron chi connectivity index (χ3n) is 4.75. The molecule has 21 heavy (non-hydrogen) atoms. The van der Waals surface area contributed by atoms with Crippen LogP contribution in [0.15, 0.2) is 60.7 Å². The summed E-state index contributed by atoms with van der Waals surface area (Å²) in [5.74, 6) is 0.444. The zero-order valence-corrected chi connectivity index (χ0v) is 12.0. The summed E-state index contributed by atoms with van der Waals surface area (Å²) >= 11 is 0. The van der Waals surface area contributed by atoms with Crippen LogP contribution in [-0.2, 0) is 6.42 Å². The number of benzene rings is 3. The third-order valence-corrected chi connectivity index (χ3v) is 4.75. The number of rotatable bonds is 1. The summed E-state index contributed by atoms with van der Waals surface area (Å²) in [6.45, 7) is 0. The fourth-order valence-corrected chi connectivity index (χ4v) is 3.69. The van der Waals surface area contributed by atoms with E-state index in [1.54, 1.807) is 0 Å². The first kappa shape index (κ1) is 12.5. The maximum absolute atomic E-state index is 6.51. The van der Waals surface area contributed by atoms with Gasteiger partial charge in [-0.2, -0.15) is 0 Å². The second-order valence-electron chi connectivity index (χ2n) is 5.93. The van der Waals surface area contributed by atoms with Gasteiger partial charge >= 0.3 is 0 Å². The molecule has 3 aromatic rings. The molecule has 2 N–H and O–H groups in total. The van der Waals surface area contributed by atoms with E-state index < -0.39 is 0 Å². The van der Waals surface area contributed by atoms with Crippen molar-refractivity contribution in [1.29, 1.82) is 0 Å². The van der Waals surface area contributed by atoms with Gasteiger partial charge in [0.1, 0.15) is 0 Å². The summed E-state index contributed by atoms with van der Waals surface area (Å²) < 4.78 is 0. The Labute approximate surface area is 125 Å². The zero-order chi connectivity index (χ0) is 14.2. The van der Waals surface area contributed by atoms with E-state index in [9.17, 15) is 0 Å². The van der Waals surface area contributed by atoms with Gasteiger partial charge in [-0.1, -0.05) is 60.7 Å². The van der Waals surface area contributed by atoms with Crippen molar-refractivity contribution in [2.75, 3.05) is 5.73 Å². The van der Waals surface area contributed by atoms with Gasteiger partial charge in [-0.3, -0.25) is 0 Å². The van der Waals surface area contributed by atoms with Crippen LogP contribution in [0, 0.1) is 0 Å². The van der Waals surface area contributed by atoms with Gasteiger partial charge < -0.3 is 5.73 Å². The van der Waals surface area contributed by atoms with E-state index >= 15 is 0 Å². The molecule has 0 spiro atoms. The second kappa shape index (κ2) is 4.92. The van der Waals surface area contributed by atoms with Gasteiger partial charge in [-0.05, 0) is 41.3 Å². The minimum atomic E-state index is 0.444. The Hall–Kier alpha value is -2.28. The molecule has 0 amide bonds. The largest absolute Gasteiger partial charge is 0.398 e. The molecule has 0 fully saturated rings. The molecule has 0 aliphatic heterocycles. The van der Waals surface area contributed by atoms with Crippen LogP contribution >= 0.6 is 0 Å². The van der Waals surface area contributed by atoms with Crippen LogP contribution in [0.25, 0.3) is 10.8 Å². The smallest absolute Gasteiger partial charge is 0.0432 e. The van der Waals surface area contributed by atoms with Gasteiger partial charge in [-0.25, -0.2) is 0 Å². The third kappa shape index (κ3) is 2.01. The number of anilines is 1. The Balaban J connectivity index is 1.90. The van der Waals surface area contributed by atoms with Crippen LogP contribution < -0.4 is 5.73 Å². The van der Waals surface area contributed by atoms with Crippen LogP contribution in [-0.4, -0.2) is 0 Å².